The molecular formula is C28H32N6O2. The monoisotopic (exact) mass is 484 g/mol. The number of amides is 1. The van der Waals surface area contributed by atoms with Crippen LogP contribution >= 0.6 is 0 Å². The van der Waals surface area contributed by atoms with E-state index >= 15 is 0 Å². The fourth-order valence-electron chi connectivity index (χ4n) is 4.56. The summed E-state index contributed by atoms with van der Waals surface area (Å²) in [6.07, 6.45) is 3.68. The van der Waals surface area contributed by atoms with Gasteiger partial charge < -0.3 is 14.5 Å². The zero-order valence-electron chi connectivity index (χ0n) is 21.1. The van der Waals surface area contributed by atoms with Crippen LogP contribution in [-0.4, -0.2) is 63.8 Å². The Hall–Kier alpha value is -3.94. The molecular weight excluding hydrogens is 452 g/mol. The number of anilines is 1. The molecule has 1 aliphatic heterocycles. The summed E-state index contributed by atoms with van der Waals surface area (Å²) in [6.45, 7) is 7.16. The van der Waals surface area contributed by atoms with Crippen molar-refractivity contribution in [3.8, 4) is 11.4 Å². The number of ether oxygens (including phenoxy) is 1. The molecule has 1 amide bonds. The van der Waals surface area contributed by atoms with Crippen molar-refractivity contribution in [2.75, 3.05) is 38.2 Å². The molecule has 0 bridgehead atoms. The molecule has 5 rings (SSSR count). The van der Waals surface area contributed by atoms with Crippen molar-refractivity contribution in [2.24, 2.45) is 0 Å². The summed E-state index contributed by atoms with van der Waals surface area (Å²) < 4.78 is 7.12. The minimum absolute atomic E-state index is 0.0459. The van der Waals surface area contributed by atoms with Gasteiger partial charge in [-0.3, -0.25) is 4.79 Å². The van der Waals surface area contributed by atoms with Crippen molar-refractivity contribution >= 4 is 22.8 Å². The Labute approximate surface area is 211 Å². The number of nitrogens with zero attached hydrogens (tertiary/aromatic N) is 6. The molecule has 8 nitrogen and oxygen atoms in total. The van der Waals surface area contributed by atoms with E-state index in [9.17, 15) is 4.79 Å². The first-order valence-corrected chi connectivity index (χ1v) is 12.6. The molecule has 8 heteroatoms. The highest BCUT2D eigenvalue weighted by atomic mass is 16.5. The van der Waals surface area contributed by atoms with Crippen molar-refractivity contribution in [3.63, 3.8) is 0 Å². The number of benzene rings is 2. The van der Waals surface area contributed by atoms with Gasteiger partial charge in [-0.25, -0.2) is 14.6 Å². The highest BCUT2D eigenvalue weighted by Crippen LogP contribution is 2.29. The van der Waals surface area contributed by atoms with E-state index in [1.54, 1.807) is 7.11 Å². The van der Waals surface area contributed by atoms with Crippen molar-refractivity contribution < 1.29 is 9.53 Å². The number of hydrogen-bond donors (Lipinski definition) is 0. The van der Waals surface area contributed by atoms with E-state index in [1.807, 2.05) is 70.4 Å². The second-order valence-electron chi connectivity index (χ2n) is 9.21. The lowest BCUT2D eigenvalue weighted by Crippen LogP contribution is -2.35. The smallest absolute Gasteiger partial charge is 0.253 e. The first-order valence-electron chi connectivity index (χ1n) is 12.6. The first kappa shape index (κ1) is 23.8. The lowest BCUT2D eigenvalue weighted by atomic mass is 10.1. The maximum Gasteiger partial charge on any atom is 0.253 e. The maximum atomic E-state index is 13.2. The highest BCUT2D eigenvalue weighted by molar-refractivity contribution is 5.94. The topological polar surface area (TPSA) is 76.4 Å². The molecule has 0 radical (unpaired) electrons. The summed E-state index contributed by atoms with van der Waals surface area (Å²) in [5.74, 6) is 2.75. The third kappa shape index (κ3) is 4.63. The van der Waals surface area contributed by atoms with E-state index in [4.69, 9.17) is 14.7 Å². The molecule has 0 N–H and O–H groups in total. The van der Waals surface area contributed by atoms with Crippen molar-refractivity contribution in [1.29, 1.82) is 0 Å². The quantitative estimate of drug-likeness (QED) is 0.395. The molecule has 4 aromatic rings. The molecule has 0 aliphatic carbocycles. The van der Waals surface area contributed by atoms with Gasteiger partial charge in [0, 0.05) is 37.7 Å². The normalized spacial score (nSPS) is 15.1. The number of para-hydroxylation sites is 1. The van der Waals surface area contributed by atoms with Crippen LogP contribution in [0.15, 0.2) is 60.8 Å². The van der Waals surface area contributed by atoms with E-state index in [0.29, 0.717) is 25.2 Å². The Kier molecular flexibility index (Phi) is 6.84. The zero-order chi connectivity index (χ0) is 25.1. The molecule has 3 heterocycles. The van der Waals surface area contributed by atoms with E-state index in [-0.39, 0.29) is 11.8 Å². The summed E-state index contributed by atoms with van der Waals surface area (Å²) in [7, 11) is 1.63. The second-order valence-corrected chi connectivity index (χ2v) is 9.21. The maximum absolute atomic E-state index is 13.2. The van der Waals surface area contributed by atoms with Gasteiger partial charge >= 0.3 is 0 Å². The van der Waals surface area contributed by atoms with Gasteiger partial charge in [0.1, 0.15) is 17.4 Å². The number of rotatable bonds is 6. The molecule has 0 unspecified atom stereocenters. The summed E-state index contributed by atoms with van der Waals surface area (Å²) in [4.78, 5) is 27.4. The molecule has 0 spiro atoms. The minimum atomic E-state index is 0.0459. The molecule has 1 saturated heterocycles. The molecule has 36 heavy (non-hydrogen) atoms. The van der Waals surface area contributed by atoms with Crippen molar-refractivity contribution in [3.05, 3.63) is 72.2 Å². The Morgan fingerprint density at radius 3 is 2.50 bits per heavy atom. The van der Waals surface area contributed by atoms with Crippen molar-refractivity contribution in [2.45, 2.75) is 32.6 Å². The Morgan fingerprint density at radius 2 is 1.78 bits per heavy atom. The van der Waals surface area contributed by atoms with Gasteiger partial charge in [-0.1, -0.05) is 32.0 Å². The van der Waals surface area contributed by atoms with Crippen molar-refractivity contribution in [1.82, 2.24) is 24.6 Å². The average Bonchev–Trinajstić information content (AvgIpc) is 3.21. The molecule has 1 atom stereocenters. The fraction of sp³-hybridized carbons (Fsp3) is 0.357. The largest absolute Gasteiger partial charge is 0.497 e. The van der Waals surface area contributed by atoms with Gasteiger partial charge in [-0.15, -0.1) is 0 Å². The number of fused-ring (bicyclic) bond motifs is 1. The summed E-state index contributed by atoms with van der Waals surface area (Å²) in [5.41, 5.74) is 2.47. The lowest BCUT2D eigenvalue weighted by molar-refractivity contribution is 0.0767. The second kappa shape index (κ2) is 10.4. The van der Waals surface area contributed by atoms with Crippen LogP contribution in [0.3, 0.4) is 0 Å². The van der Waals surface area contributed by atoms with Gasteiger partial charge in [-0.2, -0.15) is 5.10 Å². The van der Waals surface area contributed by atoms with Crippen LogP contribution in [0.4, 0.5) is 5.82 Å². The molecule has 0 saturated carbocycles. The SMILES string of the molecule is CC[C@H](C)c1nc(N2CCCN(C(=O)c3ccc(OC)cc3)CC2)c2cnn(-c3ccccc3)c2n1. The number of aromatic nitrogens is 4. The summed E-state index contributed by atoms with van der Waals surface area (Å²) in [6, 6.07) is 17.4. The number of carbonyl (C=O) groups excluding carboxylic acids is 1. The van der Waals surface area contributed by atoms with E-state index in [0.717, 1.165) is 53.5 Å². The van der Waals surface area contributed by atoms with Gasteiger partial charge in [0.25, 0.3) is 5.91 Å². The van der Waals surface area contributed by atoms with Gasteiger partial charge in [-0.05, 0) is 49.2 Å². The van der Waals surface area contributed by atoms with Crippen LogP contribution in [0.5, 0.6) is 5.75 Å². The zero-order valence-corrected chi connectivity index (χ0v) is 21.1. The van der Waals surface area contributed by atoms with Gasteiger partial charge in [0.05, 0.1) is 24.4 Å². The van der Waals surface area contributed by atoms with Gasteiger partial charge in [0.2, 0.25) is 0 Å². The Morgan fingerprint density at radius 1 is 1.00 bits per heavy atom. The molecule has 1 fully saturated rings. The fourth-order valence-corrected chi connectivity index (χ4v) is 4.56. The standard InChI is InChI=1S/C28H32N6O2/c1-4-20(2)25-30-26(24-19-29-34(27(24)31-25)22-9-6-5-7-10-22)32-15-8-16-33(18-17-32)28(35)21-11-13-23(36-3)14-12-21/h5-7,9-14,19-20H,4,8,15-18H2,1-3H3/t20-/m0/s1. The predicted molar refractivity (Wildman–Crippen MR) is 141 cm³/mol. The van der Waals surface area contributed by atoms with E-state index in [2.05, 4.69) is 23.8 Å². The van der Waals surface area contributed by atoms with Crippen LogP contribution in [0, 0.1) is 0 Å². The van der Waals surface area contributed by atoms with Crippen LogP contribution in [0.1, 0.15) is 48.8 Å². The van der Waals surface area contributed by atoms with Crippen LogP contribution in [0.25, 0.3) is 16.7 Å². The third-order valence-corrected chi connectivity index (χ3v) is 6.90. The number of methoxy groups -OCH3 is 1. The summed E-state index contributed by atoms with van der Waals surface area (Å²) in [5, 5.41) is 5.61. The Balaban J connectivity index is 1.45. The Bertz CT molecular complexity index is 1340. The molecule has 186 valence electrons. The van der Waals surface area contributed by atoms with Crippen LogP contribution in [-0.2, 0) is 0 Å². The number of carbonyl (C=O) groups is 1. The highest BCUT2D eigenvalue weighted by Gasteiger charge is 2.25. The van der Waals surface area contributed by atoms with E-state index in [1.165, 1.54) is 0 Å². The minimum Gasteiger partial charge on any atom is -0.497 e. The van der Waals surface area contributed by atoms with Gasteiger partial charge in [0.15, 0.2) is 5.65 Å². The van der Waals surface area contributed by atoms with Crippen LogP contribution < -0.4 is 9.64 Å². The third-order valence-electron chi connectivity index (χ3n) is 6.90. The number of hydrogen-bond acceptors (Lipinski definition) is 6. The van der Waals surface area contributed by atoms with Crippen LogP contribution in [0.2, 0.25) is 0 Å². The lowest BCUT2D eigenvalue weighted by Gasteiger charge is -2.24. The predicted octanol–water partition coefficient (Wildman–Crippen LogP) is 4.69. The summed E-state index contributed by atoms with van der Waals surface area (Å²) >= 11 is 0. The van der Waals surface area contributed by atoms with E-state index < -0.39 is 0 Å². The average molecular weight is 485 g/mol. The molecule has 1 aliphatic rings. The molecule has 2 aromatic carbocycles. The first-order chi connectivity index (χ1) is 17.6. The molecule has 2 aromatic heterocycles.